The number of hydrogen-bond donors (Lipinski definition) is 2. The van der Waals surface area contributed by atoms with E-state index in [1.165, 1.54) is 5.56 Å². The van der Waals surface area contributed by atoms with Crippen LogP contribution in [0.15, 0.2) is 90.0 Å². The minimum Gasteiger partial charge on any atom is -0.330 e. The maximum absolute atomic E-state index is 6.67. The predicted octanol–water partition coefficient (Wildman–Crippen LogP) is 6.36. The monoisotopic (exact) mass is 462 g/mol. The fourth-order valence-electron chi connectivity index (χ4n) is 3.62. The topological polar surface area (TPSA) is 54.2 Å². The molecule has 164 valence electrons. The van der Waals surface area contributed by atoms with Crippen molar-refractivity contribution in [3.63, 3.8) is 0 Å². The van der Waals surface area contributed by atoms with Crippen molar-refractivity contribution < 1.29 is 0 Å². The molecule has 4 nitrogen and oxygen atoms in total. The first-order valence-electron chi connectivity index (χ1n) is 10.7. The lowest BCUT2D eigenvalue weighted by molar-refractivity contribution is 0.255. The minimum absolute atomic E-state index is 0.683. The Hall–Kier alpha value is -2.57. The van der Waals surface area contributed by atoms with E-state index in [0.717, 1.165) is 58.1 Å². The molecule has 0 saturated carbocycles. The van der Waals surface area contributed by atoms with Gasteiger partial charge in [-0.3, -0.25) is 9.88 Å². The lowest BCUT2D eigenvalue weighted by atomic mass is 10.1. The van der Waals surface area contributed by atoms with E-state index >= 15 is 0 Å². The van der Waals surface area contributed by atoms with Gasteiger partial charge in [0.25, 0.3) is 0 Å². The first-order valence-corrected chi connectivity index (χ1v) is 11.9. The lowest BCUT2D eigenvalue weighted by Crippen LogP contribution is -2.25. The van der Waals surface area contributed by atoms with Crippen LogP contribution in [0, 0.1) is 0 Å². The number of anilines is 1. The smallest absolute Gasteiger partial charge is 0.0855 e. The van der Waals surface area contributed by atoms with Gasteiger partial charge in [0.15, 0.2) is 0 Å². The van der Waals surface area contributed by atoms with Crippen molar-refractivity contribution in [3.8, 4) is 0 Å². The number of benzene rings is 3. The summed E-state index contributed by atoms with van der Waals surface area (Å²) in [5.41, 5.74) is 10.1. The van der Waals surface area contributed by atoms with Crippen molar-refractivity contribution in [2.24, 2.45) is 5.73 Å². The summed E-state index contributed by atoms with van der Waals surface area (Å²) >= 11 is 8.22. The first kappa shape index (κ1) is 22.6. The normalized spacial score (nSPS) is 11.2. The molecule has 0 aliphatic carbocycles. The maximum atomic E-state index is 6.67. The Morgan fingerprint density at radius 2 is 1.78 bits per heavy atom. The summed E-state index contributed by atoms with van der Waals surface area (Å²) in [6.07, 6.45) is 2.78. The van der Waals surface area contributed by atoms with E-state index < -0.39 is 0 Å². The second-order valence-corrected chi connectivity index (χ2v) is 8.94. The molecule has 4 rings (SSSR count). The third kappa shape index (κ3) is 6.02. The van der Waals surface area contributed by atoms with E-state index in [1.807, 2.05) is 30.5 Å². The highest BCUT2D eigenvalue weighted by Gasteiger charge is 2.11. The fraction of sp³-hybridized carbons (Fsp3) is 0.192. The number of rotatable bonds is 10. The summed E-state index contributed by atoms with van der Waals surface area (Å²) in [4.78, 5) is 7.99. The summed E-state index contributed by atoms with van der Waals surface area (Å²) in [5.74, 6) is 0. The minimum atomic E-state index is 0.683. The molecule has 0 spiro atoms. The van der Waals surface area contributed by atoms with Gasteiger partial charge in [0, 0.05) is 41.9 Å². The molecule has 0 aliphatic rings. The van der Waals surface area contributed by atoms with Crippen LogP contribution in [0.4, 0.5) is 5.69 Å². The van der Waals surface area contributed by atoms with Gasteiger partial charge in [-0.25, -0.2) is 0 Å². The Morgan fingerprint density at radius 3 is 2.59 bits per heavy atom. The standard InChI is InChI=1S/C26H27ClN4S/c27-24-17-23(30-32-25-11-4-9-21-10-5-15-29-26(21)25)13-12-22(24)19-31(16-6-14-28)18-20-7-2-1-3-8-20/h1-5,7-13,15,17,30H,6,14,16,18-19,28H2. The second-order valence-electron chi connectivity index (χ2n) is 7.68. The molecule has 0 bridgehead atoms. The highest BCUT2D eigenvalue weighted by atomic mass is 35.5. The summed E-state index contributed by atoms with van der Waals surface area (Å²) in [6, 6.07) is 26.9. The molecular weight excluding hydrogens is 436 g/mol. The second kappa shape index (κ2) is 11.3. The highest BCUT2D eigenvalue weighted by Crippen LogP contribution is 2.30. The molecule has 1 heterocycles. The van der Waals surface area contributed by atoms with Crippen LogP contribution in [-0.4, -0.2) is 23.0 Å². The summed E-state index contributed by atoms with van der Waals surface area (Å²) in [5, 5.41) is 1.89. The molecule has 0 atom stereocenters. The van der Waals surface area contributed by atoms with Gasteiger partial charge in [0.05, 0.1) is 10.4 Å². The van der Waals surface area contributed by atoms with Crippen LogP contribution in [0.25, 0.3) is 10.9 Å². The molecule has 6 heteroatoms. The van der Waals surface area contributed by atoms with Crippen LogP contribution in [0.5, 0.6) is 0 Å². The third-order valence-electron chi connectivity index (χ3n) is 5.25. The molecule has 4 aromatic rings. The van der Waals surface area contributed by atoms with Crippen LogP contribution in [0.3, 0.4) is 0 Å². The molecule has 3 aromatic carbocycles. The van der Waals surface area contributed by atoms with Gasteiger partial charge < -0.3 is 10.5 Å². The number of halogens is 1. The zero-order valence-corrected chi connectivity index (χ0v) is 19.4. The van der Waals surface area contributed by atoms with E-state index in [2.05, 4.69) is 69.2 Å². The molecule has 0 amide bonds. The molecule has 0 fully saturated rings. The zero-order valence-electron chi connectivity index (χ0n) is 17.9. The van der Waals surface area contributed by atoms with Crippen LogP contribution in [0.2, 0.25) is 5.02 Å². The van der Waals surface area contributed by atoms with Crippen molar-refractivity contribution in [3.05, 3.63) is 101 Å². The maximum Gasteiger partial charge on any atom is 0.0855 e. The lowest BCUT2D eigenvalue weighted by Gasteiger charge is -2.23. The van der Waals surface area contributed by atoms with Gasteiger partial charge >= 0.3 is 0 Å². The van der Waals surface area contributed by atoms with E-state index in [-0.39, 0.29) is 0 Å². The van der Waals surface area contributed by atoms with Crippen LogP contribution in [0.1, 0.15) is 17.5 Å². The predicted molar refractivity (Wildman–Crippen MR) is 137 cm³/mol. The van der Waals surface area contributed by atoms with Crippen molar-refractivity contribution in [2.45, 2.75) is 24.4 Å². The van der Waals surface area contributed by atoms with Crippen LogP contribution >= 0.6 is 23.5 Å². The van der Waals surface area contributed by atoms with Crippen molar-refractivity contribution in [1.29, 1.82) is 0 Å². The zero-order chi connectivity index (χ0) is 22.2. The summed E-state index contributed by atoms with van der Waals surface area (Å²) in [7, 11) is 0. The fourth-order valence-corrected chi connectivity index (χ4v) is 4.63. The number of pyridine rings is 1. The summed E-state index contributed by atoms with van der Waals surface area (Å²) < 4.78 is 3.41. The molecule has 0 unspecified atom stereocenters. The quantitative estimate of drug-likeness (QED) is 0.268. The Morgan fingerprint density at radius 1 is 0.938 bits per heavy atom. The Balaban J connectivity index is 1.43. The average molecular weight is 463 g/mol. The number of hydrogen-bond acceptors (Lipinski definition) is 5. The number of nitrogens with zero attached hydrogens (tertiary/aromatic N) is 2. The number of nitrogens with two attached hydrogens (primary N) is 1. The van der Waals surface area contributed by atoms with Gasteiger partial charge in [-0.2, -0.15) is 0 Å². The van der Waals surface area contributed by atoms with Crippen molar-refractivity contribution in [1.82, 2.24) is 9.88 Å². The van der Waals surface area contributed by atoms with Crippen molar-refractivity contribution in [2.75, 3.05) is 17.8 Å². The molecule has 1 aromatic heterocycles. The first-order chi connectivity index (χ1) is 15.7. The highest BCUT2D eigenvalue weighted by molar-refractivity contribution is 8.00. The van der Waals surface area contributed by atoms with Gasteiger partial charge in [0.1, 0.15) is 0 Å². The van der Waals surface area contributed by atoms with Gasteiger partial charge in [0.2, 0.25) is 0 Å². The van der Waals surface area contributed by atoms with E-state index in [4.69, 9.17) is 17.3 Å². The molecule has 32 heavy (non-hydrogen) atoms. The molecule has 3 N–H and O–H groups in total. The number of para-hydroxylation sites is 1. The largest absolute Gasteiger partial charge is 0.330 e. The molecular formula is C26H27ClN4S. The Kier molecular flexibility index (Phi) is 8.02. The average Bonchev–Trinajstić information content (AvgIpc) is 2.83. The van der Waals surface area contributed by atoms with Crippen LogP contribution in [-0.2, 0) is 13.1 Å². The Labute approximate surface area is 198 Å². The molecule has 0 aliphatic heterocycles. The number of aromatic nitrogens is 1. The van der Waals surface area contributed by atoms with E-state index in [0.29, 0.717) is 6.54 Å². The van der Waals surface area contributed by atoms with Crippen molar-refractivity contribution >= 4 is 40.1 Å². The van der Waals surface area contributed by atoms with Crippen LogP contribution < -0.4 is 10.5 Å². The van der Waals surface area contributed by atoms with Gasteiger partial charge in [-0.05, 0) is 60.3 Å². The number of fused-ring (bicyclic) bond motifs is 1. The van der Waals surface area contributed by atoms with E-state index in [1.54, 1.807) is 11.9 Å². The summed E-state index contributed by atoms with van der Waals surface area (Å²) in [6.45, 7) is 3.28. The Bertz CT molecular complexity index is 1150. The SMILES string of the molecule is NCCCN(Cc1ccccc1)Cc1ccc(NSc2cccc3cccnc23)cc1Cl. The molecule has 0 saturated heterocycles. The third-order valence-corrected chi connectivity index (χ3v) is 6.49. The number of nitrogens with one attached hydrogen (secondary N) is 1. The van der Waals surface area contributed by atoms with Gasteiger partial charge in [-0.15, -0.1) is 0 Å². The van der Waals surface area contributed by atoms with Gasteiger partial charge in [-0.1, -0.05) is 66.2 Å². The van der Waals surface area contributed by atoms with E-state index in [9.17, 15) is 0 Å². The molecule has 0 radical (unpaired) electrons.